The molecule has 5 rings (SSSR count). The van der Waals surface area contributed by atoms with Crippen LogP contribution in [-0.4, -0.2) is 52.2 Å². The Bertz CT molecular complexity index is 1590. The van der Waals surface area contributed by atoms with E-state index < -0.39 is 12.0 Å². The van der Waals surface area contributed by atoms with Gasteiger partial charge in [0.25, 0.3) is 5.91 Å². The third-order valence-corrected chi connectivity index (χ3v) is 7.31. The first-order chi connectivity index (χ1) is 20.4. The monoisotopic (exact) mass is 568 g/mol. The summed E-state index contributed by atoms with van der Waals surface area (Å²) in [4.78, 5) is 29.4. The summed E-state index contributed by atoms with van der Waals surface area (Å²) >= 11 is 0. The molecule has 9 nitrogen and oxygen atoms in total. The average molecular weight is 569 g/mol. The van der Waals surface area contributed by atoms with Crippen LogP contribution in [0, 0.1) is 0 Å². The molecule has 0 saturated heterocycles. The average Bonchev–Trinajstić information content (AvgIpc) is 3.03. The van der Waals surface area contributed by atoms with Gasteiger partial charge in [-0.2, -0.15) is 0 Å². The highest BCUT2D eigenvalue weighted by Gasteiger charge is 2.44. The van der Waals surface area contributed by atoms with Gasteiger partial charge in [-0.1, -0.05) is 24.3 Å². The van der Waals surface area contributed by atoms with E-state index in [9.17, 15) is 9.59 Å². The van der Waals surface area contributed by atoms with Crippen molar-refractivity contribution in [3.05, 3.63) is 102 Å². The number of nitrogens with one attached hydrogen (secondary N) is 1. The molecule has 0 saturated carbocycles. The molecule has 0 radical (unpaired) electrons. The molecule has 1 heterocycles. The first-order valence-electron chi connectivity index (χ1n) is 13.3. The largest absolute Gasteiger partial charge is 0.493 e. The molecular formula is C33H32N2O7. The van der Waals surface area contributed by atoms with Gasteiger partial charge in [-0.3, -0.25) is 9.59 Å². The minimum absolute atomic E-state index is 0.253. The number of fused-ring (bicyclic) bond motifs is 1. The number of nitrogens with zero attached hydrogens (tertiary/aromatic N) is 1. The Morgan fingerprint density at radius 2 is 1.31 bits per heavy atom. The molecule has 2 atom stereocenters. The predicted octanol–water partition coefficient (Wildman–Crippen LogP) is 6.06. The molecule has 0 fully saturated rings. The van der Waals surface area contributed by atoms with Crippen molar-refractivity contribution in [3.63, 3.8) is 0 Å². The zero-order valence-corrected chi connectivity index (χ0v) is 24.0. The highest BCUT2D eigenvalue weighted by atomic mass is 16.5. The number of amides is 2. The first kappa shape index (κ1) is 28.4. The fraction of sp³-hybridized carbons (Fsp3) is 0.212. The second kappa shape index (κ2) is 12.1. The summed E-state index contributed by atoms with van der Waals surface area (Å²) in [5.41, 5.74) is 2.17. The summed E-state index contributed by atoms with van der Waals surface area (Å²) in [7, 11) is 7.79. The van der Waals surface area contributed by atoms with Gasteiger partial charge in [0, 0.05) is 18.3 Å². The van der Waals surface area contributed by atoms with Gasteiger partial charge in [-0.05, 0) is 71.8 Å². The first-order valence-corrected chi connectivity index (χ1v) is 13.3. The minimum Gasteiger partial charge on any atom is -0.493 e. The molecule has 9 heteroatoms. The lowest BCUT2D eigenvalue weighted by atomic mass is 9.79. The van der Waals surface area contributed by atoms with Crippen molar-refractivity contribution in [2.75, 3.05) is 40.8 Å². The van der Waals surface area contributed by atoms with E-state index in [1.807, 2.05) is 36.4 Å². The van der Waals surface area contributed by atoms with Crippen LogP contribution in [0.25, 0.3) is 0 Å². The van der Waals surface area contributed by atoms with Crippen LogP contribution in [0.3, 0.4) is 0 Å². The molecule has 0 aliphatic carbocycles. The quantitative estimate of drug-likeness (QED) is 0.262. The number of para-hydroxylation sites is 1. The van der Waals surface area contributed by atoms with E-state index in [0.29, 0.717) is 56.9 Å². The number of likely N-dealkylation sites (N-methyl/N-ethyl adjacent to an activating group) is 1. The summed E-state index contributed by atoms with van der Waals surface area (Å²) < 4.78 is 27.8. The molecule has 0 spiro atoms. The summed E-state index contributed by atoms with van der Waals surface area (Å²) in [6.45, 7) is 0. The Hall–Kier alpha value is -5.18. The van der Waals surface area contributed by atoms with Gasteiger partial charge in [0.2, 0.25) is 5.91 Å². The molecule has 4 aromatic rings. The maximum absolute atomic E-state index is 14.2. The van der Waals surface area contributed by atoms with E-state index in [1.54, 1.807) is 74.7 Å². The van der Waals surface area contributed by atoms with Crippen molar-refractivity contribution >= 4 is 17.5 Å². The molecule has 2 unspecified atom stereocenters. The SMILES string of the molecule is COc1ccc(C2C(C(=O)Nc3ccc(Oc4ccccc4)cc3)c3cc(OC)c(OC)cc3C(=O)N2C)cc1OC. The Labute approximate surface area is 244 Å². The Morgan fingerprint density at radius 3 is 1.95 bits per heavy atom. The maximum atomic E-state index is 14.2. The molecule has 0 bridgehead atoms. The van der Waals surface area contributed by atoms with Crippen LogP contribution >= 0.6 is 0 Å². The van der Waals surface area contributed by atoms with Crippen LogP contribution in [0.4, 0.5) is 5.69 Å². The summed E-state index contributed by atoms with van der Waals surface area (Å²) in [5.74, 6) is 1.82. The van der Waals surface area contributed by atoms with E-state index in [1.165, 1.54) is 14.2 Å². The van der Waals surface area contributed by atoms with Gasteiger partial charge < -0.3 is 33.9 Å². The van der Waals surface area contributed by atoms with E-state index >= 15 is 0 Å². The van der Waals surface area contributed by atoms with Crippen LogP contribution in [0.1, 0.15) is 33.4 Å². The van der Waals surface area contributed by atoms with Gasteiger partial charge in [-0.25, -0.2) is 0 Å². The summed E-state index contributed by atoms with van der Waals surface area (Å²) in [6.07, 6.45) is 0. The lowest BCUT2D eigenvalue weighted by molar-refractivity contribution is -0.119. The fourth-order valence-electron chi connectivity index (χ4n) is 5.24. The van der Waals surface area contributed by atoms with Crippen molar-refractivity contribution in [3.8, 4) is 34.5 Å². The number of methoxy groups -OCH3 is 4. The minimum atomic E-state index is -0.805. The molecule has 42 heavy (non-hydrogen) atoms. The molecule has 1 N–H and O–H groups in total. The number of hydrogen-bond acceptors (Lipinski definition) is 7. The maximum Gasteiger partial charge on any atom is 0.254 e. The summed E-state index contributed by atoms with van der Waals surface area (Å²) in [5, 5.41) is 3.04. The molecular weight excluding hydrogens is 536 g/mol. The number of rotatable bonds is 9. The predicted molar refractivity (Wildman–Crippen MR) is 158 cm³/mol. The highest BCUT2D eigenvalue weighted by molar-refractivity contribution is 6.05. The second-order valence-corrected chi connectivity index (χ2v) is 9.68. The standard InChI is InChI=1S/C33H32N2O7/c1-35-31(20-11-16-26(38-2)27(17-20)39-3)30(24-18-28(40-4)29(41-5)19-25(24)33(35)37)32(36)34-21-12-14-23(15-13-21)42-22-9-7-6-8-10-22/h6-19,30-31H,1-5H3,(H,34,36). The highest BCUT2D eigenvalue weighted by Crippen LogP contribution is 2.47. The van der Waals surface area contributed by atoms with E-state index in [-0.39, 0.29) is 11.8 Å². The van der Waals surface area contributed by atoms with Crippen molar-refractivity contribution in [1.82, 2.24) is 4.90 Å². The smallest absolute Gasteiger partial charge is 0.254 e. The third-order valence-electron chi connectivity index (χ3n) is 7.31. The fourth-order valence-corrected chi connectivity index (χ4v) is 5.24. The van der Waals surface area contributed by atoms with Gasteiger partial charge in [-0.15, -0.1) is 0 Å². The van der Waals surface area contributed by atoms with E-state index in [0.717, 1.165) is 0 Å². The number of hydrogen-bond donors (Lipinski definition) is 1. The van der Waals surface area contributed by atoms with Crippen molar-refractivity contribution < 1.29 is 33.3 Å². The molecule has 216 valence electrons. The molecule has 4 aromatic carbocycles. The van der Waals surface area contributed by atoms with Crippen LogP contribution in [0.15, 0.2) is 84.9 Å². The van der Waals surface area contributed by atoms with Gasteiger partial charge in [0.15, 0.2) is 23.0 Å². The topological polar surface area (TPSA) is 95.6 Å². The van der Waals surface area contributed by atoms with Crippen LogP contribution in [0.5, 0.6) is 34.5 Å². The number of ether oxygens (including phenoxy) is 5. The van der Waals surface area contributed by atoms with Crippen LogP contribution in [0.2, 0.25) is 0 Å². The molecule has 1 aliphatic rings. The zero-order valence-electron chi connectivity index (χ0n) is 24.0. The Balaban J connectivity index is 1.55. The van der Waals surface area contributed by atoms with Crippen LogP contribution < -0.4 is 29.0 Å². The van der Waals surface area contributed by atoms with Crippen molar-refractivity contribution in [1.29, 1.82) is 0 Å². The third kappa shape index (κ3) is 5.41. The lowest BCUT2D eigenvalue weighted by Gasteiger charge is -2.40. The van der Waals surface area contributed by atoms with Crippen molar-refractivity contribution in [2.24, 2.45) is 0 Å². The normalized spacial score (nSPS) is 15.8. The molecule has 2 amide bonds. The Morgan fingerprint density at radius 1 is 0.714 bits per heavy atom. The lowest BCUT2D eigenvalue weighted by Crippen LogP contribution is -2.44. The van der Waals surface area contributed by atoms with E-state index in [4.69, 9.17) is 23.7 Å². The van der Waals surface area contributed by atoms with Gasteiger partial charge in [0.1, 0.15) is 11.5 Å². The number of carbonyl (C=O) groups excluding carboxylic acids is 2. The van der Waals surface area contributed by atoms with Crippen molar-refractivity contribution in [2.45, 2.75) is 12.0 Å². The van der Waals surface area contributed by atoms with Crippen LogP contribution in [-0.2, 0) is 4.79 Å². The molecule has 0 aromatic heterocycles. The second-order valence-electron chi connectivity index (χ2n) is 9.68. The number of benzene rings is 4. The van der Waals surface area contributed by atoms with E-state index in [2.05, 4.69) is 5.32 Å². The number of carbonyl (C=O) groups is 2. The van der Waals surface area contributed by atoms with Gasteiger partial charge >= 0.3 is 0 Å². The number of anilines is 1. The molecule has 1 aliphatic heterocycles. The summed E-state index contributed by atoms with van der Waals surface area (Å²) in [6, 6.07) is 24.6. The van der Waals surface area contributed by atoms with Gasteiger partial charge in [0.05, 0.1) is 40.4 Å². The Kier molecular flexibility index (Phi) is 8.19. The zero-order chi connectivity index (χ0) is 29.8.